The molecule has 0 amide bonds. The number of rotatable bonds is 15. The van der Waals surface area contributed by atoms with E-state index in [2.05, 4.69) is 11.7 Å². The summed E-state index contributed by atoms with van der Waals surface area (Å²) in [4.78, 5) is 10.6. The molecule has 3 N–H and O–H groups in total. The third-order valence-electron chi connectivity index (χ3n) is 4.22. The highest BCUT2D eigenvalue weighted by Gasteiger charge is 2.42. The molecule has 0 heterocycles. The van der Waals surface area contributed by atoms with Gasteiger partial charge in [-0.3, -0.25) is 0 Å². The van der Waals surface area contributed by atoms with Gasteiger partial charge in [0.25, 0.3) is 0 Å². The standard InChI is InChI=1S/C18H34F3NO3/c1-2-3-4-5-6-7-8-9-10-11-12-13-14-15(22)16(23)25-17(24)18(19,20)21/h15-16,23H,2-14,22H2,1H3. The van der Waals surface area contributed by atoms with Crippen molar-refractivity contribution in [1.29, 1.82) is 0 Å². The highest BCUT2D eigenvalue weighted by atomic mass is 19.4. The molecule has 7 heteroatoms. The number of nitrogens with two attached hydrogens (primary N) is 1. The van der Waals surface area contributed by atoms with Gasteiger partial charge in [0.15, 0.2) is 0 Å². The first-order valence-corrected chi connectivity index (χ1v) is 9.50. The number of hydrogen-bond donors (Lipinski definition) is 2. The molecule has 0 aromatic carbocycles. The summed E-state index contributed by atoms with van der Waals surface area (Å²) in [6.07, 6.45) is 7.37. The van der Waals surface area contributed by atoms with E-state index in [-0.39, 0.29) is 0 Å². The number of carbonyl (C=O) groups excluding carboxylic acids is 1. The van der Waals surface area contributed by atoms with Crippen LogP contribution in [0.1, 0.15) is 90.4 Å². The summed E-state index contributed by atoms with van der Waals surface area (Å²) < 4.78 is 39.9. The Bertz CT molecular complexity index is 338. The van der Waals surface area contributed by atoms with Crippen LogP contribution >= 0.6 is 0 Å². The number of carbonyl (C=O) groups is 1. The Morgan fingerprint density at radius 1 is 0.920 bits per heavy atom. The molecule has 0 saturated heterocycles. The number of aliphatic hydroxyl groups excluding tert-OH is 1. The van der Waals surface area contributed by atoms with Gasteiger partial charge in [-0.1, -0.05) is 84.0 Å². The molecule has 2 unspecified atom stereocenters. The van der Waals surface area contributed by atoms with E-state index < -0.39 is 24.5 Å². The van der Waals surface area contributed by atoms with E-state index in [4.69, 9.17) is 5.73 Å². The molecule has 25 heavy (non-hydrogen) atoms. The van der Waals surface area contributed by atoms with Gasteiger partial charge in [0.1, 0.15) is 0 Å². The third kappa shape index (κ3) is 14.1. The first-order chi connectivity index (χ1) is 11.8. The monoisotopic (exact) mass is 369 g/mol. The maximum absolute atomic E-state index is 12.0. The predicted octanol–water partition coefficient (Wildman–Crippen LogP) is 4.83. The molecule has 2 atom stereocenters. The first kappa shape index (κ1) is 24.2. The normalized spacial score (nSPS) is 14.3. The number of esters is 1. The van der Waals surface area contributed by atoms with Crippen LogP contribution in [-0.2, 0) is 9.53 Å². The van der Waals surface area contributed by atoms with Gasteiger partial charge in [0.05, 0.1) is 6.04 Å². The first-order valence-electron chi connectivity index (χ1n) is 9.50. The van der Waals surface area contributed by atoms with Crippen molar-refractivity contribution in [2.75, 3.05) is 0 Å². The number of aliphatic hydroxyl groups is 1. The molecule has 0 radical (unpaired) electrons. The number of ether oxygens (including phenoxy) is 1. The van der Waals surface area contributed by atoms with Crippen LogP contribution in [0.25, 0.3) is 0 Å². The number of alkyl halides is 3. The lowest BCUT2D eigenvalue weighted by Crippen LogP contribution is -2.41. The van der Waals surface area contributed by atoms with Crippen LogP contribution in [0.5, 0.6) is 0 Å². The zero-order valence-electron chi connectivity index (χ0n) is 15.3. The van der Waals surface area contributed by atoms with E-state index in [1.807, 2.05) is 0 Å². The smallest absolute Gasteiger partial charge is 0.428 e. The van der Waals surface area contributed by atoms with Gasteiger partial charge in [-0.25, -0.2) is 4.79 Å². The van der Waals surface area contributed by atoms with E-state index >= 15 is 0 Å². The Kier molecular flexibility index (Phi) is 13.9. The molecule has 0 rings (SSSR count). The summed E-state index contributed by atoms with van der Waals surface area (Å²) in [6.45, 7) is 2.21. The molecule has 0 aliphatic heterocycles. The van der Waals surface area contributed by atoms with Gasteiger partial charge >= 0.3 is 12.1 Å². The highest BCUT2D eigenvalue weighted by Crippen LogP contribution is 2.18. The van der Waals surface area contributed by atoms with Crippen molar-refractivity contribution in [2.45, 2.75) is 109 Å². The SMILES string of the molecule is CCCCCCCCCCCCCCC(N)C(O)OC(=O)C(F)(F)F. The fourth-order valence-corrected chi connectivity index (χ4v) is 2.63. The second-order valence-electron chi connectivity index (χ2n) is 6.64. The Hall–Kier alpha value is -0.820. The van der Waals surface area contributed by atoms with Gasteiger partial charge in [0, 0.05) is 0 Å². The minimum atomic E-state index is -5.11. The van der Waals surface area contributed by atoms with E-state index in [0.29, 0.717) is 12.8 Å². The third-order valence-corrected chi connectivity index (χ3v) is 4.22. The van der Waals surface area contributed by atoms with Crippen molar-refractivity contribution in [2.24, 2.45) is 5.73 Å². The highest BCUT2D eigenvalue weighted by molar-refractivity contribution is 5.75. The molecule has 0 spiro atoms. The van der Waals surface area contributed by atoms with E-state index in [9.17, 15) is 23.1 Å². The zero-order valence-corrected chi connectivity index (χ0v) is 15.3. The number of hydrogen-bond acceptors (Lipinski definition) is 4. The fourth-order valence-electron chi connectivity index (χ4n) is 2.63. The Balaban J connectivity index is 3.48. The van der Waals surface area contributed by atoms with Crippen LogP contribution in [-0.4, -0.2) is 29.6 Å². The zero-order chi connectivity index (χ0) is 19.1. The van der Waals surface area contributed by atoms with Crippen LogP contribution in [0.2, 0.25) is 0 Å². The van der Waals surface area contributed by atoms with Crippen molar-refractivity contribution in [1.82, 2.24) is 0 Å². The predicted molar refractivity (Wildman–Crippen MR) is 91.8 cm³/mol. The average Bonchev–Trinajstić information content (AvgIpc) is 2.54. The van der Waals surface area contributed by atoms with Crippen molar-refractivity contribution in [3.63, 3.8) is 0 Å². The average molecular weight is 369 g/mol. The van der Waals surface area contributed by atoms with Crippen LogP contribution in [0.15, 0.2) is 0 Å². The fraction of sp³-hybridized carbons (Fsp3) is 0.944. The van der Waals surface area contributed by atoms with Gasteiger partial charge in [0.2, 0.25) is 6.29 Å². The lowest BCUT2D eigenvalue weighted by Gasteiger charge is -2.19. The van der Waals surface area contributed by atoms with E-state index in [1.54, 1.807) is 0 Å². The Labute approximate surface area is 149 Å². The van der Waals surface area contributed by atoms with Gasteiger partial charge in [-0.15, -0.1) is 0 Å². The molecule has 150 valence electrons. The van der Waals surface area contributed by atoms with Crippen LogP contribution < -0.4 is 5.73 Å². The molecule has 0 bridgehead atoms. The van der Waals surface area contributed by atoms with Crippen molar-refractivity contribution >= 4 is 5.97 Å². The van der Waals surface area contributed by atoms with Gasteiger partial charge in [-0.05, 0) is 6.42 Å². The topological polar surface area (TPSA) is 72.6 Å². The molecule has 0 aliphatic carbocycles. The van der Waals surface area contributed by atoms with Crippen LogP contribution in [0.4, 0.5) is 13.2 Å². The molecule has 0 aromatic rings. The maximum atomic E-state index is 12.0. The van der Waals surface area contributed by atoms with E-state index in [0.717, 1.165) is 19.3 Å². The molecule has 4 nitrogen and oxygen atoms in total. The van der Waals surface area contributed by atoms with Crippen LogP contribution in [0, 0.1) is 0 Å². The number of unbranched alkanes of at least 4 members (excludes halogenated alkanes) is 11. The minimum absolute atomic E-state index is 0.323. The largest absolute Gasteiger partial charge is 0.491 e. The molecule has 0 aliphatic rings. The van der Waals surface area contributed by atoms with E-state index in [1.165, 1.54) is 51.4 Å². The van der Waals surface area contributed by atoms with Crippen molar-refractivity contribution in [3.05, 3.63) is 0 Å². The molecular weight excluding hydrogens is 335 g/mol. The summed E-state index contributed by atoms with van der Waals surface area (Å²) in [7, 11) is 0. The van der Waals surface area contributed by atoms with Crippen molar-refractivity contribution in [3.8, 4) is 0 Å². The maximum Gasteiger partial charge on any atom is 0.491 e. The summed E-state index contributed by atoms with van der Waals surface area (Å²) in [5, 5.41) is 9.36. The lowest BCUT2D eigenvalue weighted by molar-refractivity contribution is -0.221. The summed E-state index contributed by atoms with van der Waals surface area (Å²) in [5.41, 5.74) is 5.54. The number of halogens is 3. The summed E-state index contributed by atoms with van der Waals surface area (Å²) in [5.74, 6) is -2.41. The molecule has 0 fully saturated rings. The molecule has 0 aromatic heterocycles. The quantitative estimate of drug-likeness (QED) is 0.246. The molecule has 0 saturated carbocycles. The Morgan fingerprint density at radius 2 is 1.32 bits per heavy atom. The van der Waals surface area contributed by atoms with Crippen molar-refractivity contribution < 1.29 is 27.8 Å². The summed E-state index contributed by atoms with van der Waals surface area (Å²) in [6, 6.07) is -0.991. The molecular formula is C18H34F3NO3. The summed E-state index contributed by atoms with van der Waals surface area (Å²) >= 11 is 0. The second kappa shape index (κ2) is 14.4. The van der Waals surface area contributed by atoms with Crippen LogP contribution in [0.3, 0.4) is 0 Å². The lowest BCUT2D eigenvalue weighted by atomic mass is 10.0. The van der Waals surface area contributed by atoms with Gasteiger partial charge in [-0.2, -0.15) is 13.2 Å². The minimum Gasteiger partial charge on any atom is -0.428 e. The second-order valence-corrected chi connectivity index (χ2v) is 6.64. The Morgan fingerprint density at radius 3 is 1.72 bits per heavy atom. The van der Waals surface area contributed by atoms with Gasteiger partial charge < -0.3 is 15.6 Å².